The van der Waals surface area contributed by atoms with Crippen LogP contribution in [0.15, 0.2) is 58.5 Å². The number of fused-ring (bicyclic) bond motifs is 1. The summed E-state index contributed by atoms with van der Waals surface area (Å²) in [4.78, 5) is 0.000807. The van der Waals surface area contributed by atoms with Gasteiger partial charge in [0, 0.05) is 24.2 Å². The van der Waals surface area contributed by atoms with E-state index in [0.29, 0.717) is 0 Å². The lowest BCUT2D eigenvalue weighted by Crippen LogP contribution is -2.26. The first-order chi connectivity index (χ1) is 14.2. The molecule has 1 aliphatic rings. The number of nitrogens with zero attached hydrogens (tertiary/aromatic N) is 1. The van der Waals surface area contributed by atoms with E-state index < -0.39 is 19.9 Å². The summed E-state index contributed by atoms with van der Waals surface area (Å²) < 4.78 is 55.3. The van der Waals surface area contributed by atoms with Crippen LogP contribution in [-0.2, 0) is 26.9 Å². The number of piperidine rings is 1. The second kappa shape index (κ2) is 8.82. The molecule has 10 heteroatoms. The molecule has 1 fully saturated rings. The SMILES string of the molecule is Cl.Cn1c(S(=O)(=O)Nc2ccc(C3CCNCC3)cc2S(C)(=O)=O)cc2ccccc21. The molecule has 0 unspecified atom stereocenters. The summed E-state index contributed by atoms with van der Waals surface area (Å²) in [6.07, 6.45) is 2.94. The Balaban J connectivity index is 0.00000272. The Morgan fingerprint density at radius 2 is 1.68 bits per heavy atom. The van der Waals surface area contributed by atoms with Gasteiger partial charge in [-0.25, -0.2) is 8.42 Å². The molecule has 0 spiro atoms. The van der Waals surface area contributed by atoms with E-state index in [2.05, 4.69) is 10.0 Å². The van der Waals surface area contributed by atoms with Gasteiger partial charge in [-0.15, -0.1) is 12.4 Å². The summed E-state index contributed by atoms with van der Waals surface area (Å²) in [5.41, 5.74) is 1.77. The summed E-state index contributed by atoms with van der Waals surface area (Å²) in [5, 5.41) is 4.16. The van der Waals surface area contributed by atoms with Crippen molar-refractivity contribution in [3.05, 3.63) is 54.1 Å². The number of anilines is 1. The van der Waals surface area contributed by atoms with Crippen LogP contribution in [0.4, 0.5) is 5.69 Å². The number of hydrogen-bond acceptors (Lipinski definition) is 5. The smallest absolute Gasteiger partial charge is 0.277 e. The van der Waals surface area contributed by atoms with Crippen LogP contribution in [0.25, 0.3) is 10.9 Å². The van der Waals surface area contributed by atoms with E-state index in [-0.39, 0.29) is 33.9 Å². The molecule has 0 aliphatic carbocycles. The van der Waals surface area contributed by atoms with Gasteiger partial charge in [-0.1, -0.05) is 24.3 Å². The maximum absolute atomic E-state index is 13.1. The van der Waals surface area contributed by atoms with Gasteiger partial charge in [0.1, 0.15) is 0 Å². The topological polar surface area (TPSA) is 97.3 Å². The number of hydrogen-bond donors (Lipinski definition) is 2. The minimum absolute atomic E-state index is 0. The van der Waals surface area contributed by atoms with Crippen molar-refractivity contribution < 1.29 is 16.8 Å². The summed E-state index contributed by atoms with van der Waals surface area (Å²) in [6, 6.07) is 13.9. The fourth-order valence-corrected chi connectivity index (χ4v) is 6.30. The first-order valence-corrected chi connectivity index (χ1v) is 13.2. The number of halogens is 1. The van der Waals surface area contributed by atoms with E-state index in [0.717, 1.165) is 48.7 Å². The maximum atomic E-state index is 13.1. The molecule has 2 heterocycles. The Bertz CT molecular complexity index is 1310. The molecule has 1 aromatic heterocycles. The van der Waals surface area contributed by atoms with Crippen molar-refractivity contribution in [3.8, 4) is 0 Å². The van der Waals surface area contributed by atoms with Crippen molar-refractivity contribution in [3.63, 3.8) is 0 Å². The highest BCUT2D eigenvalue weighted by atomic mass is 35.5. The third-order valence-electron chi connectivity index (χ3n) is 5.64. The summed E-state index contributed by atoms with van der Waals surface area (Å²) >= 11 is 0. The zero-order valence-electron chi connectivity index (χ0n) is 17.3. The second-order valence-corrected chi connectivity index (χ2v) is 11.4. The van der Waals surface area contributed by atoms with Gasteiger partial charge in [-0.05, 0) is 61.7 Å². The number of sulfone groups is 1. The van der Waals surface area contributed by atoms with Gasteiger partial charge < -0.3 is 9.88 Å². The lowest BCUT2D eigenvalue weighted by molar-refractivity contribution is 0.460. The molecule has 0 saturated carbocycles. The zero-order chi connectivity index (χ0) is 21.5. The quantitative estimate of drug-likeness (QED) is 0.580. The Morgan fingerprint density at radius 1 is 1.00 bits per heavy atom. The Kier molecular flexibility index (Phi) is 6.71. The van der Waals surface area contributed by atoms with Crippen molar-refractivity contribution in [1.29, 1.82) is 0 Å². The maximum Gasteiger partial charge on any atom is 0.277 e. The van der Waals surface area contributed by atoms with Crippen LogP contribution >= 0.6 is 12.4 Å². The van der Waals surface area contributed by atoms with Crippen LogP contribution in [0, 0.1) is 0 Å². The van der Waals surface area contributed by atoms with E-state index in [1.54, 1.807) is 29.8 Å². The van der Waals surface area contributed by atoms with Crippen LogP contribution in [0.5, 0.6) is 0 Å². The van der Waals surface area contributed by atoms with Gasteiger partial charge >= 0.3 is 0 Å². The summed E-state index contributed by atoms with van der Waals surface area (Å²) in [6.45, 7) is 1.77. The van der Waals surface area contributed by atoms with Crippen molar-refractivity contribution in [2.24, 2.45) is 7.05 Å². The first kappa shape index (κ1) is 23.6. The largest absolute Gasteiger partial charge is 0.333 e. The fraction of sp³-hybridized carbons (Fsp3) is 0.333. The van der Waals surface area contributed by atoms with Crippen molar-refractivity contribution >= 4 is 48.9 Å². The van der Waals surface area contributed by atoms with Crippen molar-refractivity contribution in [1.82, 2.24) is 9.88 Å². The van der Waals surface area contributed by atoms with Crippen LogP contribution in [0.1, 0.15) is 24.3 Å². The fourth-order valence-electron chi connectivity index (χ4n) is 4.06. The lowest BCUT2D eigenvalue weighted by Gasteiger charge is -2.24. The predicted molar refractivity (Wildman–Crippen MR) is 125 cm³/mol. The van der Waals surface area contributed by atoms with Crippen molar-refractivity contribution in [2.75, 3.05) is 24.1 Å². The Morgan fingerprint density at radius 3 is 2.32 bits per heavy atom. The highest BCUT2D eigenvalue weighted by Crippen LogP contribution is 2.32. The lowest BCUT2D eigenvalue weighted by atomic mass is 9.90. The number of benzene rings is 2. The molecule has 1 aliphatic heterocycles. The number of para-hydroxylation sites is 1. The van der Waals surface area contributed by atoms with E-state index in [1.165, 1.54) is 0 Å². The van der Waals surface area contributed by atoms with E-state index >= 15 is 0 Å². The standard InChI is InChI=1S/C21H25N3O4S2.ClH/c1-24-19-6-4-3-5-17(19)14-21(24)30(27,28)23-18-8-7-16(13-20(18)29(2,25)26)15-9-11-22-12-10-15;/h3-8,13-15,22-23H,9-12H2,1-2H3;1H. The molecular formula is C21H26ClN3O4S2. The van der Waals surface area contributed by atoms with Crippen molar-refractivity contribution in [2.45, 2.75) is 28.7 Å². The minimum Gasteiger partial charge on any atom is -0.333 e. The third-order valence-corrected chi connectivity index (χ3v) is 8.21. The molecular weight excluding hydrogens is 458 g/mol. The number of rotatable bonds is 5. The van der Waals surface area contributed by atoms with Gasteiger partial charge in [0.05, 0.1) is 10.6 Å². The minimum atomic E-state index is -3.99. The first-order valence-electron chi connectivity index (χ1n) is 9.79. The Hall–Kier alpha value is -2.07. The molecule has 0 bridgehead atoms. The van der Waals surface area contributed by atoms with E-state index in [1.807, 2.05) is 30.3 Å². The molecule has 3 aromatic rings. The average Bonchev–Trinajstić information content (AvgIpc) is 3.06. The van der Waals surface area contributed by atoms with Crippen LogP contribution in [0.3, 0.4) is 0 Å². The zero-order valence-corrected chi connectivity index (χ0v) is 19.8. The predicted octanol–water partition coefficient (Wildman–Crippen LogP) is 3.27. The average molecular weight is 484 g/mol. The molecule has 2 aromatic carbocycles. The highest BCUT2D eigenvalue weighted by Gasteiger charge is 2.25. The molecule has 0 radical (unpaired) electrons. The van der Waals surface area contributed by atoms with Crippen LogP contribution in [0.2, 0.25) is 0 Å². The van der Waals surface area contributed by atoms with Gasteiger partial charge in [-0.3, -0.25) is 4.72 Å². The van der Waals surface area contributed by atoms with Crippen LogP contribution < -0.4 is 10.0 Å². The van der Waals surface area contributed by atoms with E-state index in [4.69, 9.17) is 0 Å². The molecule has 7 nitrogen and oxygen atoms in total. The summed E-state index contributed by atoms with van der Waals surface area (Å²) in [7, 11) is -5.95. The molecule has 4 rings (SSSR count). The molecule has 0 amide bonds. The summed E-state index contributed by atoms with van der Waals surface area (Å²) in [5.74, 6) is 0.260. The molecule has 1 saturated heterocycles. The highest BCUT2D eigenvalue weighted by molar-refractivity contribution is 7.93. The number of sulfonamides is 1. The molecule has 31 heavy (non-hydrogen) atoms. The van der Waals surface area contributed by atoms with Gasteiger partial charge in [0.15, 0.2) is 14.9 Å². The van der Waals surface area contributed by atoms with Gasteiger partial charge in [-0.2, -0.15) is 8.42 Å². The molecule has 168 valence electrons. The van der Waals surface area contributed by atoms with Gasteiger partial charge in [0.25, 0.3) is 10.0 Å². The third kappa shape index (κ3) is 4.74. The Labute approximate surface area is 189 Å². The molecule has 0 atom stereocenters. The van der Waals surface area contributed by atoms with Gasteiger partial charge in [0.2, 0.25) is 0 Å². The normalized spacial score (nSPS) is 15.5. The van der Waals surface area contributed by atoms with E-state index in [9.17, 15) is 16.8 Å². The number of aromatic nitrogens is 1. The molecule has 2 N–H and O–H groups in total. The number of nitrogens with one attached hydrogen (secondary N) is 2. The monoisotopic (exact) mass is 483 g/mol. The second-order valence-electron chi connectivity index (χ2n) is 7.76. The number of aryl methyl sites for hydroxylation is 1. The van der Waals surface area contributed by atoms with Crippen LogP contribution in [-0.4, -0.2) is 40.7 Å².